The fourth-order valence-corrected chi connectivity index (χ4v) is 3.55. The molecule has 0 spiro atoms. The van der Waals surface area contributed by atoms with Gasteiger partial charge in [0.1, 0.15) is 11.6 Å². The Morgan fingerprint density at radius 3 is 2.70 bits per heavy atom. The molecule has 0 radical (unpaired) electrons. The third-order valence-electron chi connectivity index (χ3n) is 3.45. The van der Waals surface area contributed by atoms with Crippen molar-refractivity contribution in [2.24, 2.45) is 5.10 Å². The normalized spacial score (nSPS) is 11.7. The Morgan fingerprint density at radius 2 is 2.07 bits per heavy atom. The van der Waals surface area contributed by atoms with Gasteiger partial charge in [-0.3, -0.25) is 4.79 Å². The number of sulfonamides is 1. The highest BCUT2D eigenvalue weighted by Crippen LogP contribution is 2.27. The van der Waals surface area contributed by atoms with Gasteiger partial charge in [0.15, 0.2) is 0 Å². The lowest BCUT2D eigenvalue weighted by Gasteiger charge is -2.16. The van der Waals surface area contributed by atoms with Gasteiger partial charge in [0.25, 0.3) is 5.91 Å². The van der Waals surface area contributed by atoms with E-state index in [-0.39, 0.29) is 9.92 Å². The zero-order valence-corrected chi connectivity index (χ0v) is 16.1. The summed E-state index contributed by atoms with van der Waals surface area (Å²) in [7, 11) is -1.27. The first-order valence-electron chi connectivity index (χ1n) is 7.61. The monoisotopic (exact) mass is 413 g/mol. The van der Waals surface area contributed by atoms with Gasteiger partial charge in [-0.05, 0) is 35.9 Å². The Hall–Kier alpha value is -2.49. The van der Waals surface area contributed by atoms with Crippen LogP contribution in [0.25, 0.3) is 0 Å². The summed E-state index contributed by atoms with van der Waals surface area (Å²) in [5, 5.41) is 3.81. The van der Waals surface area contributed by atoms with Gasteiger partial charge in [-0.1, -0.05) is 23.7 Å². The number of carbonyl (C=O) groups excluding carboxylic acids is 1. The number of methoxy groups -OCH3 is 1. The van der Waals surface area contributed by atoms with E-state index >= 15 is 0 Å². The van der Waals surface area contributed by atoms with Gasteiger partial charge in [0.2, 0.25) is 10.0 Å². The van der Waals surface area contributed by atoms with Crippen LogP contribution in [0.4, 0.5) is 4.39 Å². The molecule has 2 rings (SSSR count). The smallest absolute Gasteiger partial charge is 0.255 e. The number of carbonyl (C=O) groups is 1. The van der Waals surface area contributed by atoms with Gasteiger partial charge in [-0.15, -0.1) is 0 Å². The van der Waals surface area contributed by atoms with Gasteiger partial charge in [0, 0.05) is 7.05 Å². The molecule has 1 amide bonds. The number of nitrogens with zero attached hydrogens (tertiary/aromatic N) is 2. The molecule has 0 aliphatic heterocycles. The van der Waals surface area contributed by atoms with Crippen molar-refractivity contribution in [1.29, 1.82) is 0 Å². The van der Waals surface area contributed by atoms with Gasteiger partial charge >= 0.3 is 0 Å². The number of amides is 1. The lowest BCUT2D eigenvalue weighted by molar-refractivity contribution is -0.121. The molecule has 0 unspecified atom stereocenters. The van der Waals surface area contributed by atoms with Crippen molar-refractivity contribution in [2.75, 3.05) is 20.7 Å². The maximum absolute atomic E-state index is 13.1. The highest BCUT2D eigenvalue weighted by atomic mass is 35.5. The summed E-state index contributed by atoms with van der Waals surface area (Å²) in [4.78, 5) is 11.8. The average Bonchev–Trinajstić information content (AvgIpc) is 2.61. The topological polar surface area (TPSA) is 88.1 Å². The number of ether oxygens (including phenoxy) is 1. The van der Waals surface area contributed by atoms with Crippen LogP contribution in [0.3, 0.4) is 0 Å². The standard InChI is InChI=1S/C17H17ClFN3O4S/c1-22(27(24,25)14-6-7-16(26-2)15(18)9-14)11-17(23)21-20-10-12-4-3-5-13(19)8-12/h3-10H,11H2,1-2H3,(H,21,23)/b20-10-. The minimum absolute atomic E-state index is 0.0770. The summed E-state index contributed by atoms with van der Waals surface area (Å²) < 4.78 is 43.9. The van der Waals surface area contributed by atoms with Crippen LogP contribution in [0.5, 0.6) is 5.75 Å². The molecular formula is C17H17ClFN3O4S. The van der Waals surface area contributed by atoms with Crippen LogP contribution in [0.2, 0.25) is 5.02 Å². The van der Waals surface area contributed by atoms with Gasteiger partial charge in [-0.25, -0.2) is 18.2 Å². The molecule has 1 N–H and O–H groups in total. The molecule has 0 fully saturated rings. The molecule has 2 aromatic rings. The molecule has 0 bridgehead atoms. The highest BCUT2D eigenvalue weighted by Gasteiger charge is 2.23. The Labute approximate surface area is 161 Å². The molecular weight excluding hydrogens is 397 g/mol. The Bertz CT molecular complexity index is 966. The second-order valence-electron chi connectivity index (χ2n) is 5.41. The number of rotatable bonds is 7. The number of hydrogen-bond donors (Lipinski definition) is 1. The van der Waals surface area contributed by atoms with Crippen molar-refractivity contribution < 1.29 is 22.3 Å². The minimum atomic E-state index is -3.93. The van der Waals surface area contributed by atoms with Crippen molar-refractivity contribution in [3.63, 3.8) is 0 Å². The molecule has 27 heavy (non-hydrogen) atoms. The van der Waals surface area contributed by atoms with Crippen molar-refractivity contribution in [3.05, 3.63) is 58.9 Å². The van der Waals surface area contributed by atoms with E-state index in [0.717, 1.165) is 4.31 Å². The number of hydrazone groups is 1. The van der Waals surface area contributed by atoms with E-state index in [1.54, 1.807) is 6.07 Å². The van der Waals surface area contributed by atoms with Crippen molar-refractivity contribution in [3.8, 4) is 5.75 Å². The largest absolute Gasteiger partial charge is 0.495 e. The van der Waals surface area contributed by atoms with Crippen molar-refractivity contribution in [1.82, 2.24) is 9.73 Å². The zero-order valence-electron chi connectivity index (χ0n) is 14.5. The first-order valence-corrected chi connectivity index (χ1v) is 9.43. The van der Waals surface area contributed by atoms with Gasteiger partial charge < -0.3 is 4.74 Å². The molecule has 0 aromatic heterocycles. The van der Waals surface area contributed by atoms with Gasteiger partial charge in [0.05, 0.1) is 29.8 Å². The Balaban J connectivity index is 2.01. The van der Waals surface area contributed by atoms with E-state index in [4.69, 9.17) is 16.3 Å². The third-order valence-corrected chi connectivity index (χ3v) is 5.54. The van der Waals surface area contributed by atoms with Crippen LogP contribution in [-0.4, -0.2) is 45.5 Å². The van der Waals surface area contributed by atoms with Crippen LogP contribution in [0.15, 0.2) is 52.5 Å². The summed E-state index contributed by atoms with van der Waals surface area (Å²) in [5.41, 5.74) is 2.64. The lowest BCUT2D eigenvalue weighted by Crippen LogP contribution is -2.36. The molecule has 7 nitrogen and oxygen atoms in total. The van der Waals surface area contributed by atoms with E-state index in [1.165, 1.54) is 56.8 Å². The van der Waals surface area contributed by atoms with Crippen LogP contribution < -0.4 is 10.2 Å². The van der Waals surface area contributed by atoms with Crippen LogP contribution >= 0.6 is 11.6 Å². The van der Waals surface area contributed by atoms with E-state index in [1.807, 2.05) is 0 Å². The van der Waals surface area contributed by atoms with Crippen LogP contribution in [-0.2, 0) is 14.8 Å². The van der Waals surface area contributed by atoms with E-state index in [9.17, 15) is 17.6 Å². The number of benzene rings is 2. The summed E-state index contributed by atoms with van der Waals surface area (Å²) in [5.74, 6) is -0.759. The fourth-order valence-electron chi connectivity index (χ4n) is 2.08. The van der Waals surface area contributed by atoms with E-state index in [0.29, 0.717) is 11.3 Å². The molecule has 0 saturated heterocycles. The lowest BCUT2D eigenvalue weighted by atomic mass is 10.2. The first-order chi connectivity index (χ1) is 12.7. The number of halogens is 2. The molecule has 0 atom stereocenters. The molecule has 0 heterocycles. The fraction of sp³-hybridized carbons (Fsp3) is 0.176. The quantitative estimate of drug-likeness (QED) is 0.557. The van der Waals surface area contributed by atoms with Gasteiger partial charge in [-0.2, -0.15) is 9.41 Å². The predicted molar refractivity (Wildman–Crippen MR) is 100.0 cm³/mol. The average molecular weight is 414 g/mol. The molecule has 0 aliphatic carbocycles. The number of hydrogen-bond acceptors (Lipinski definition) is 5. The van der Waals surface area contributed by atoms with E-state index in [2.05, 4.69) is 10.5 Å². The third kappa shape index (κ3) is 5.49. The summed E-state index contributed by atoms with van der Waals surface area (Å²) >= 11 is 5.95. The predicted octanol–water partition coefficient (Wildman–Crippen LogP) is 2.26. The van der Waals surface area contributed by atoms with E-state index < -0.39 is 28.3 Å². The molecule has 10 heteroatoms. The van der Waals surface area contributed by atoms with Crippen molar-refractivity contribution >= 4 is 33.7 Å². The SMILES string of the molecule is COc1ccc(S(=O)(=O)N(C)CC(=O)N/N=C\c2cccc(F)c2)cc1Cl. The molecule has 144 valence electrons. The highest BCUT2D eigenvalue weighted by molar-refractivity contribution is 7.89. The second-order valence-corrected chi connectivity index (χ2v) is 7.86. The maximum atomic E-state index is 13.1. The van der Waals surface area contributed by atoms with Crippen LogP contribution in [0, 0.1) is 5.82 Å². The Morgan fingerprint density at radius 1 is 1.33 bits per heavy atom. The van der Waals surface area contributed by atoms with Crippen LogP contribution in [0.1, 0.15) is 5.56 Å². The zero-order chi connectivity index (χ0) is 20.0. The summed E-state index contributed by atoms with van der Waals surface area (Å²) in [6, 6.07) is 9.61. The molecule has 0 saturated carbocycles. The maximum Gasteiger partial charge on any atom is 0.255 e. The summed E-state index contributed by atoms with van der Waals surface area (Å²) in [6.07, 6.45) is 1.25. The molecule has 2 aromatic carbocycles. The molecule has 0 aliphatic rings. The second kappa shape index (κ2) is 8.94. The van der Waals surface area contributed by atoms with Crippen molar-refractivity contribution in [2.45, 2.75) is 4.90 Å². The first kappa shape index (κ1) is 20.8. The number of likely N-dealkylation sites (N-methyl/N-ethyl adjacent to an activating group) is 1. The Kier molecular flexibility index (Phi) is 6.89. The summed E-state index contributed by atoms with van der Waals surface area (Å²) in [6.45, 7) is -0.466. The number of nitrogens with one attached hydrogen (secondary N) is 1. The minimum Gasteiger partial charge on any atom is -0.495 e.